The molecule has 3 aromatic carbocycles. The van der Waals surface area contributed by atoms with Gasteiger partial charge in [0.05, 0.1) is 11.0 Å². The van der Waals surface area contributed by atoms with E-state index in [-0.39, 0.29) is 12.5 Å². The van der Waals surface area contributed by atoms with Gasteiger partial charge in [-0.1, -0.05) is 72.4 Å². The van der Waals surface area contributed by atoms with Crippen LogP contribution in [0.4, 0.5) is 5.69 Å². The van der Waals surface area contributed by atoms with Gasteiger partial charge in [-0.25, -0.2) is 4.98 Å². The van der Waals surface area contributed by atoms with Crippen LogP contribution in [0.5, 0.6) is 0 Å². The molecule has 0 spiro atoms. The molecule has 1 aromatic heterocycles. The molecule has 0 aliphatic rings. The van der Waals surface area contributed by atoms with Crippen molar-refractivity contribution in [2.45, 2.75) is 24.4 Å². The highest BCUT2D eigenvalue weighted by molar-refractivity contribution is 7.98. The molecule has 0 saturated heterocycles. The van der Waals surface area contributed by atoms with E-state index in [2.05, 4.69) is 17.4 Å². The lowest BCUT2D eigenvalue weighted by Gasteiger charge is -2.11. The first-order valence-corrected chi connectivity index (χ1v) is 10.2. The Morgan fingerprint density at radius 1 is 0.964 bits per heavy atom. The molecule has 28 heavy (non-hydrogen) atoms. The van der Waals surface area contributed by atoms with Crippen LogP contribution in [0, 0.1) is 6.92 Å². The summed E-state index contributed by atoms with van der Waals surface area (Å²) >= 11 is 1.65. The van der Waals surface area contributed by atoms with Crippen molar-refractivity contribution in [1.29, 1.82) is 0 Å². The summed E-state index contributed by atoms with van der Waals surface area (Å²) in [7, 11) is 0. The fourth-order valence-corrected chi connectivity index (χ4v) is 4.05. The molecule has 1 N–H and O–H groups in total. The van der Waals surface area contributed by atoms with Gasteiger partial charge in [-0.3, -0.25) is 4.79 Å². The predicted octanol–water partition coefficient (Wildman–Crippen LogP) is 5.28. The zero-order chi connectivity index (χ0) is 19.3. The highest BCUT2D eigenvalue weighted by atomic mass is 32.2. The molecule has 0 fully saturated rings. The predicted molar refractivity (Wildman–Crippen MR) is 116 cm³/mol. The molecule has 0 aliphatic heterocycles. The average molecular weight is 388 g/mol. The molecule has 0 bridgehead atoms. The van der Waals surface area contributed by atoms with Gasteiger partial charge in [0.15, 0.2) is 5.16 Å². The number of benzene rings is 3. The molecule has 4 aromatic rings. The van der Waals surface area contributed by atoms with E-state index in [1.165, 1.54) is 5.56 Å². The second-order valence-electron chi connectivity index (χ2n) is 6.61. The number of nitrogens with zero attached hydrogens (tertiary/aromatic N) is 2. The van der Waals surface area contributed by atoms with Crippen molar-refractivity contribution >= 4 is 34.4 Å². The second-order valence-corrected chi connectivity index (χ2v) is 7.55. The molecule has 5 heteroatoms. The second kappa shape index (κ2) is 8.31. The van der Waals surface area contributed by atoms with Crippen LogP contribution < -0.4 is 5.32 Å². The lowest BCUT2D eigenvalue weighted by Crippen LogP contribution is -2.19. The molecule has 0 radical (unpaired) electrons. The van der Waals surface area contributed by atoms with Crippen molar-refractivity contribution in [1.82, 2.24) is 9.55 Å². The van der Waals surface area contributed by atoms with Crippen LogP contribution in [0.1, 0.15) is 11.1 Å². The van der Waals surface area contributed by atoms with Gasteiger partial charge in [-0.2, -0.15) is 0 Å². The van der Waals surface area contributed by atoms with Crippen molar-refractivity contribution in [2.24, 2.45) is 0 Å². The first-order chi connectivity index (χ1) is 13.7. The smallest absolute Gasteiger partial charge is 0.244 e. The van der Waals surface area contributed by atoms with Gasteiger partial charge in [-0.15, -0.1) is 0 Å². The standard InChI is InChI=1S/C23H21N3OS/c1-17-9-5-6-12-19(17)24-22(27)15-26-21-14-8-7-13-20(21)25-23(26)28-16-18-10-3-2-4-11-18/h2-14H,15-16H2,1H3,(H,24,27). The first-order valence-electron chi connectivity index (χ1n) is 9.18. The minimum atomic E-state index is -0.0565. The molecular weight excluding hydrogens is 366 g/mol. The number of aromatic nitrogens is 2. The van der Waals surface area contributed by atoms with Crippen LogP contribution in [0.3, 0.4) is 0 Å². The summed E-state index contributed by atoms with van der Waals surface area (Å²) in [6.07, 6.45) is 0. The third-order valence-corrected chi connectivity index (χ3v) is 5.60. The number of carbonyl (C=O) groups is 1. The van der Waals surface area contributed by atoms with Gasteiger partial charge in [-0.05, 0) is 36.2 Å². The van der Waals surface area contributed by atoms with Crippen LogP contribution in [0.15, 0.2) is 84.0 Å². The van der Waals surface area contributed by atoms with Crippen molar-refractivity contribution < 1.29 is 4.79 Å². The number of amides is 1. The Bertz CT molecular complexity index is 1110. The van der Waals surface area contributed by atoms with Crippen molar-refractivity contribution in [3.8, 4) is 0 Å². The molecule has 0 aliphatic carbocycles. The molecular formula is C23H21N3OS. The van der Waals surface area contributed by atoms with E-state index in [4.69, 9.17) is 4.98 Å². The SMILES string of the molecule is Cc1ccccc1NC(=O)Cn1c(SCc2ccccc2)nc2ccccc21. The number of para-hydroxylation sites is 3. The highest BCUT2D eigenvalue weighted by Gasteiger charge is 2.15. The average Bonchev–Trinajstić information content (AvgIpc) is 3.06. The summed E-state index contributed by atoms with van der Waals surface area (Å²) in [4.78, 5) is 17.5. The van der Waals surface area contributed by atoms with E-state index >= 15 is 0 Å². The van der Waals surface area contributed by atoms with Gasteiger partial charge in [0.1, 0.15) is 6.54 Å². The van der Waals surface area contributed by atoms with Crippen LogP contribution in [0.2, 0.25) is 0 Å². The number of fused-ring (bicyclic) bond motifs is 1. The minimum absolute atomic E-state index is 0.0565. The Kier molecular flexibility index (Phi) is 5.44. The van der Waals surface area contributed by atoms with Gasteiger partial charge in [0, 0.05) is 11.4 Å². The Morgan fingerprint density at radius 3 is 2.50 bits per heavy atom. The number of hydrogen-bond acceptors (Lipinski definition) is 3. The van der Waals surface area contributed by atoms with Gasteiger partial charge in [0.25, 0.3) is 0 Å². The number of nitrogens with one attached hydrogen (secondary N) is 1. The Labute approximate surface area is 168 Å². The van der Waals surface area contributed by atoms with Crippen molar-refractivity contribution in [3.63, 3.8) is 0 Å². The lowest BCUT2D eigenvalue weighted by molar-refractivity contribution is -0.116. The van der Waals surface area contributed by atoms with E-state index < -0.39 is 0 Å². The fraction of sp³-hybridized carbons (Fsp3) is 0.130. The molecule has 0 saturated carbocycles. The van der Waals surface area contributed by atoms with Crippen molar-refractivity contribution in [3.05, 3.63) is 90.0 Å². The summed E-state index contributed by atoms with van der Waals surface area (Å²) in [5.41, 5.74) is 5.00. The van der Waals surface area contributed by atoms with Gasteiger partial charge in [0.2, 0.25) is 5.91 Å². The quantitative estimate of drug-likeness (QED) is 0.458. The van der Waals surface area contributed by atoms with Gasteiger partial charge < -0.3 is 9.88 Å². The van der Waals surface area contributed by atoms with Crippen molar-refractivity contribution in [2.75, 3.05) is 5.32 Å². The number of carbonyl (C=O) groups excluding carboxylic acids is 1. The Hall–Kier alpha value is -3.05. The summed E-state index contributed by atoms with van der Waals surface area (Å²) in [6.45, 7) is 2.22. The number of thioether (sulfide) groups is 1. The topological polar surface area (TPSA) is 46.9 Å². The third-order valence-electron chi connectivity index (χ3n) is 4.55. The molecule has 0 atom stereocenters. The lowest BCUT2D eigenvalue weighted by atomic mass is 10.2. The summed E-state index contributed by atoms with van der Waals surface area (Å²) in [5.74, 6) is 0.753. The number of anilines is 1. The maximum absolute atomic E-state index is 12.7. The van der Waals surface area contributed by atoms with Crippen LogP contribution in [-0.4, -0.2) is 15.5 Å². The number of rotatable bonds is 6. The highest BCUT2D eigenvalue weighted by Crippen LogP contribution is 2.27. The maximum Gasteiger partial charge on any atom is 0.244 e. The van der Waals surface area contributed by atoms with Crippen LogP contribution >= 0.6 is 11.8 Å². The molecule has 1 amide bonds. The largest absolute Gasteiger partial charge is 0.324 e. The molecule has 0 unspecified atom stereocenters. The summed E-state index contributed by atoms with van der Waals surface area (Å²) in [6, 6.07) is 26.0. The zero-order valence-corrected chi connectivity index (χ0v) is 16.4. The van der Waals surface area contributed by atoms with E-state index in [1.54, 1.807) is 11.8 Å². The normalized spacial score (nSPS) is 10.9. The maximum atomic E-state index is 12.7. The Morgan fingerprint density at radius 2 is 1.68 bits per heavy atom. The van der Waals surface area contributed by atoms with Crippen LogP contribution in [0.25, 0.3) is 11.0 Å². The Balaban J connectivity index is 1.58. The zero-order valence-electron chi connectivity index (χ0n) is 15.6. The molecule has 4 rings (SSSR count). The molecule has 1 heterocycles. The fourth-order valence-electron chi connectivity index (χ4n) is 3.08. The van der Waals surface area contributed by atoms with Crippen LogP contribution in [-0.2, 0) is 17.1 Å². The number of imidazole rings is 1. The monoisotopic (exact) mass is 387 g/mol. The first kappa shape index (κ1) is 18.3. The van der Waals surface area contributed by atoms with E-state index in [0.717, 1.165) is 33.2 Å². The van der Waals surface area contributed by atoms with Gasteiger partial charge >= 0.3 is 0 Å². The van der Waals surface area contributed by atoms with E-state index in [1.807, 2.05) is 78.2 Å². The third kappa shape index (κ3) is 4.10. The minimum Gasteiger partial charge on any atom is -0.324 e. The van der Waals surface area contributed by atoms with E-state index in [0.29, 0.717) is 0 Å². The molecule has 4 nitrogen and oxygen atoms in total. The number of aryl methyl sites for hydroxylation is 1. The number of hydrogen-bond donors (Lipinski definition) is 1. The van der Waals surface area contributed by atoms with E-state index in [9.17, 15) is 4.79 Å². The summed E-state index contributed by atoms with van der Waals surface area (Å²) < 4.78 is 2.00. The molecule has 140 valence electrons. The summed E-state index contributed by atoms with van der Waals surface area (Å²) in [5, 5.41) is 3.87.